The van der Waals surface area contributed by atoms with Gasteiger partial charge in [-0.25, -0.2) is 0 Å². The number of ether oxygens (including phenoxy) is 3. The zero-order valence-electron chi connectivity index (χ0n) is 16.0. The van der Waals surface area contributed by atoms with Gasteiger partial charge < -0.3 is 19.1 Å². The van der Waals surface area contributed by atoms with Crippen LogP contribution >= 0.6 is 0 Å². The lowest BCUT2D eigenvalue weighted by Crippen LogP contribution is -2.38. The van der Waals surface area contributed by atoms with Crippen LogP contribution in [0.3, 0.4) is 0 Å². The Labute approximate surface area is 163 Å². The molecule has 0 N–H and O–H groups in total. The van der Waals surface area contributed by atoms with E-state index in [1.807, 2.05) is 38.2 Å². The van der Waals surface area contributed by atoms with Gasteiger partial charge in [-0.05, 0) is 30.7 Å². The SMILES string of the molecule is Cc1cc(CN(Cc2ccc3c(c2)OCCO3)C(=O)C2CCC(=O)O2)nn1C. The summed E-state index contributed by atoms with van der Waals surface area (Å²) < 4.78 is 18.2. The molecule has 3 heterocycles. The van der Waals surface area contributed by atoms with Crippen LogP contribution in [0, 0.1) is 6.92 Å². The van der Waals surface area contributed by atoms with Crippen LogP contribution in [0.4, 0.5) is 0 Å². The summed E-state index contributed by atoms with van der Waals surface area (Å²) >= 11 is 0. The van der Waals surface area contributed by atoms with Crippen molar-refractivity contribution < 1.29 is 23.8 Å². The maximum atomic E-state index is 13.0. The number of cyclic esters (lactones) is 1. The molecule has 1 unspecified atom stereocenters. The van der Waals surface area contributed by atoms with Crippen molar-refractivity contribution in [2.75, 3.05) is 13.2 Å². The van der Waals surface area contributed by atoms with Gasteiger partial charge in [-0.1, -0.05) is 6.07 Å². The van der Waals surface area contributed by atoms with Crippen LogP contribution in [0.15, 0.2) is 24.3 Å². The van der Waals surface area contributed by atoms with Gasteiger partial charge in [-0.2, -0.15) is 5.10 Å². The van der Waals surface area contributed by atoms with Gasteiger partial charge in [0.2, 0.25) is 0 Å². The monoisotopic (exact) mass is 385 g/mol. The van der Waals surface area contributed by atoms with Crippen molar-refractivity contribution in [2.24, 2.45) is 7.05 Å². The normalized spacial score (nSPS) is 18.1. The first-order valence-electron chi connectivity index (χ1n) is 9.36. The van der Waals surface area contributed by atoms with E-state index in [4.69, 9.17) is 14.2 Å². The molecule has 28 heavy (non-hydrogen) atoms. The standard InChI is InChI=1S/C20H23N3O5/c1-13-9-15(21-22(13)2)12-23(20(25)17-5-6-19(24)28-17)11-14-3-4-16-18(10-14)27-8-7-26-16/h3-4,9-10,17H,5-8,11-12H2,1-2H3. The number of esters is 1. The number of nitrogens with zero attached hydrogens (tertiary/aromatic N) is 3. The highest BCUT2D eigenvalue weighted by Crippen LogP contribution is 2.31. The van der Waals surface area contributed by atoms with Crippen molar-refractivity contribution in [1.82, 2.24) is 14.7 Å². The zero-order chi connectivity index (χ0) is 19.7. The van der Waals surface area contributed by atoms with Crippen LogP contribution in [-0.4, -0.2) is 45.9 Å². The average molecular weight is 385 g/mol. The van der Waals surface area contributed by atoms with Gasteiger partial charge in [0.25, 0.3) is 5.91 Å². The van der Waals surface area contributed by atoms with E-state index in [1.165, 1.54) is 0 Å². The predicted molar refractivity (Wildman–Crippen MR) is 98.7 cm³/mol. The van der Waals surface area contributed by atoms with Crippen LogP contribution in [0.25, 0.3) is 0 Å². The summed E-state index contributed by atoms with van der Waals surface area (Å²) in [6.45, 7) is 3.69. The Bertz CT molecular complexity index is 888. The number of amides is 1. The number of rotatable bonds is 5. The Morgan fingerprint density at radius 2 is 2.00 bits per heavy atom. The minimum absolute atomic E-state index is 0.205. The minimum Gasteiger partial charge on any atom is -0.486 e. The highest BCUT2D eigenvalue weighted by atomic mass is 16.6. The van der Waals surface area contributed by atoms with Gasteiger partial charge in [0, 0.05) is 32.1 Å². The number of carbonyl (C=O) groups is 2. The van der Waals surface area contributed by atoms with E-state index in [2.05, 4.69) is 5.10 Å². The third-order valence-corrected chi connectivity index (χ3v) is 4.97. The first-order chi connectivity index (χ1) is 13.5. The highest BCUT2D eigenvalue weighted by Gasteiger charge is 2.33. The van der Waals surface area contributed by atoms with Gasteiger partial charge in [0.15, 0.2) is 17.6 Å². The van der Waals surface area contributed by atoms with Crippen molar-refractivity contribution in [1.29, 1.82) is 0 Å². The molecule has 1 saturated heterocycles. The first-order valence-corrected chi connectivity index (χ1v) is 9.36. The Kier molecular flexibility index (Phi) is 4.93. The largest absolute Gasteiger partial charge is 0.486 e. The predicted octanol–water partition coefficient (Wildman–Crippen LogP) is 1.73. The molecule has 1 aromatic carbocycles. The summed E-state index contributed by atoms with van der Waals surface area (Å²) in [5.41, 5.74) is 2.71. The Morgan fingerprint density at radius 3 is 2.68 bits per heavy atom. The Hall–Kier alpha value is -3.03. The summed E-state index contributed by atoms with van der Waals surface area (Å²) in [4.78, 5) is 26.2. The van der Waals surface area contributed by atoms with Crippen molar-refractivity contribution in [3.05, 3.63) is 41.2 Å². The van der Waals surface area contributed by atoms with Crippen molar-refractivity contribution in [3.8, 4) is 11.5 Å². The van der Waals surface area contributed by atoms with Gasteiger partial charge in [0.1, 0.15) is 13.2 Å². The van der Waals surface area contributed by atoms with Crippen molar-refractivity contribution >= 4 is 11.9 Å². The minimum atomic E-state index is -0.727. The molecule has 1 fully saturated rings. The number of carbonyl (C=O) groups excluding carboxylic acids is 2. The van der Waals surface area contributed by atoms with Crippen LogP contribution < -0.4 is 9.47 Å². The molecule has 8 nitrogen and oxygen atoms in total. The van der Waals surface area contributed by atoms with Crippen molar-refractivity contribution in [3.63, 3.8) is 0 Å². The molecule has 8 heteroatoms. The summed E-state index contributed by atoms with van der Waals surface area (Å²) in [5.74, 6) is 0.852. The number of aromatic nitrogens is 2. The Balaban J connectivity index is 1.56. The van der Waals surface area contributed by atoms with Crippen molar-refractivity contribution in [2.45, 2.75) is 39.0 Å². The molecular formula is C20H23N3O5. The van der Waals surface area contributed by atoms with Crippen LogP contribution in [-0.2, 0) is 34.5 Å². The molecule has 2 aliphatic rings. The lowest BCUT2D eigenvalue weighted by Gasteiger charge is -2.25. The van der Waals surface area contributed by atoms with Gasteiger partial charge in [-0.3, -0.25) is 14.3 Å². The second kappa shape index (κ2) is 7.53. The Morgan fingerprint density at radius 1 is 1.21 bits per heavy atom. The van der Waals surface area contributed by atoms with Gasteiger partial charge in [0.05, 0.1) is 12.2 Å². The topological polar surface area (TPSA) is 82.9 Å². The van der Waals surface area contributed by atoms with Crippen LogP contribution in [0.1, 0.15) is 29.8 Å². The molecule has 0 radical (unpaired) electrons. The van der Waals surface area contributed by atoms with E-state index in [0.717, 1.165) is 17.0 Å². The second-order valence-electron chi connectivity index (χ2n) is 7.09. The lowest BCUT2D eigenvalue weighted by atomic mass is 10.1. The van der Waals surface area contributed by atoms with E-state index in [1.54, 1.807) is 9.58 Å². The first kappa shape index (κ1) is 18.3. The fourth-order valence-electron chi connectivity index (χ4n) is 3.43. The average Bonchev–Trinajstić information content (AvgIpc) is 3.25. The van der Waals surface area contributed by atoms with E-state index in [9.17, 15) is 9.59 Å². The third-order valence-electron chi connectivity index (χ3n) is 4.97. The number of benzene rings is 1. The molecule has 1 aromatic heterocycles. The molecule has 0 aliphatic carbocycles. The maximum absolute atomic E-state index is 13.0. The quantitative estimate of drug-likeness (QED) is 0.729. The number of aryl methyl sites for hydroxylation is 2. The number of hydrogen-bond acceptors (Lipinski definition) is 6. The lowest BCUT2D eigenvalue weighted by molar-refractivity contribution is -0.153. The fraction of sp³-hybridized carbons (Fsp3) is 0.450. The molecule has 0 bridgehead atoms. The molecule has 1 amide bonds. The van der Waals surface area contributed by atoms with Gasteiger partial charge >= 0.3 is 5.97 Å². The molecule has 4 rings (SSSR count). The highest BCUT2D eigenvalue weighted by molar-refractivity contribution is 5.86. The van der Waals surface area contributed by atoms with E-state index < -0.39 is 6.10 Å². The summed E-state index contributed by atoms with van der Waals surface area (Å²) in [6, 6.07) is 7.61. The van der Waals surface area contributed by atoms with E-state index >= 15 is 0 Å². The van der Waals surface area contributed by atoms with Gasteiger partial charge in [-0.15, -0.1) is 0 Å². The summed E-state index contributed by atoms with van der Waals surface area (Å²) in [7, 11) is 1.87. The summed E-state index contributed by atoms with van der Waals surface area (Å²) in [6.07, 6.45) is -0.0393. The van der Waals surface area contributed by atoms with E-state index in [-0.39, 0.29) is 18.3 Å². The molecule has 2 aliphatic heterocycles. The zero-order valence-corrected chi connectivity index (χ0v) is 16.0. The summed E-state index contributed by atoms with van der Waals surface area (Å²) in [5, 5.41) is 4.46. The third kappa shape index (κ3) is 3.81. The smallest absolute Gasteiger partial charge is 0.306 e. The van der Waals surface area contributed by atoms with Crippen LogP contribution in [0.2, 0.25) is 0 Å². The fourth-order valence-corrected chi connectivity index (χ4v) is 3.43. The number of fused-ring (bicyclic) bond motifs is 1. The molecular weight excluding hydrogens is 362 g/mol. The molecule has 0 spiro atoms. The second-order valence-corrected chi connectivity index (χ2v) is 7.09. The maximum Gasteiger partial charge on any atom is 0.306 e. The van der Waals surface area contributed by atoms with Crippen LogP contribution in [0.5, 0.6) is 11.5 Å². The molecule has 2 aromatic rings. The number of hydrogen-bond donors (Lipinski definition) is 0. The molecule has 148 valence electrons. The molecule has 0 saturated carbocycles. The molecule has 1 atom stereocenters. The van der Waals surface area contributed by atoms with E-state index in [0.29, 0.717) is 44.2 Å².